The van der Waals surface area contributed by atoms with Crippen LogP contribution in [0.3, 0.4) is 0 Å². The van der Waals surface area contributed by atoms with Crippen molar-refractivity contribution in [2.24, 2.45) is 0 Å². The number of carboxylic acids is 1. The Balaban J connectivity index is 2.94. The van der Waals surface area contributed by atoms with Crippen LogP contribution in [-0.4, -0.2) is 28.9 Å². The summed E-state index contributed by atoms with van der Waals surface area (Å²) in [7, 11) is 0. The van der Waals surface area contributed by atoms with Crippen molar-refractivity contribution < 1.29 is 24.2 Å². The van der Waals surface area contributed by atoms with Crippen molar-refractivity contribution in [2.75, 3.05) is 5.32 Å². The van der Waals surface area contributed by atoms with Crippen molar-refractivity contribution in [1.82, 2.24) is 0 Å². The number of carboxylic acid groups (broad SMARTS) is 1. The van der Waals surface area contributed by atoms with Gasteiger partial charge in [-0.1, -0.05) is 0 Å². The number of anilines is 1. The van der Waals surface area contributed by atoms with Gasteiger partial charge in [0.2, 0.25) is 0 Å². The molecule has 0 fully saturated rings. The molecule has 0 aromatic heterocycles. The van der Waals surface area contributed by atoms with Gasteiger partial charge in [0.1, 0.15) is 16.9 Å². The Labute approximate surface area is 124 Å². The molecule has 0 aliphatic rings. The van der Waals surface area contributed by atoms with E-state index in [-0.39, 0.29) is 17.4 Å². The maximum atomic E-state index is 11.7. The van der Waals surface area contributed by atoms with Crippen molar-refractivity contribution in [3.8, 4) is 5.75 Å². The molecule has 0 heterocycles. The minimum absolute atomic E-state index is 0.0402. The van der Waals surface area contributed by atoms with Crippen LogP contribution in [0.4, 0.5) is 10.5 Å². The van der Waals surface area contributed by atoms with Gasteiger partial charge in [0.15, 0.2) is 0 Å². The van der Waals surface area contributed by atoms with Crippen molar-refractivity contribution in [3.63, 3.8) is 0 Å². The van der Waals surface area contributed by atoms with Gasteiger partial charge in [-0.25, -0.2) is 9.59 Å². The van der Waals surface area contributed by atoms with Crippen molar-refractivity contribution in [1.29, 1.82) is 0 Å². The van der Waals surface area contributed by atoms with E-state index in [9.17, 15) is 9.59 Å². The molecule has 6 nitrogen and oxygen atoms in total. The summed E-state index contributed by atoms with van der Waals surface area (Å²) in [6, 6.07) is 4.33. The lowest BCUT2D eigenvalue weighted by molar-refractivity contribution is 0.0634. The molecule has 2 N–H and O–H groups in total. The minimum atomic E-state index is -1.09. The first kappa shape index (κ1) is 16.8. The minimum Gasteiger partial charge on any atom is -0.490 e. The standard InChI is InChI=1S/C15H21NO5/c1-9(2)20-12-8-10(6-7-11(12)13(17)18)16-14(19)21-15(3,4)5/h6-9H,1-5H3,(H,16,19)(H,17,18). The average molecular weight is 295 g/mol. The first-order valence-electron chi connectivity index (χ1n) is 6.62. The van der Waals surface area contributed by atoms with Crippen LogP contribution in [0.15, 0.2) is 18.2 Å². The summed E-state index contributed by atoms with van der Waals surface area (Å²) in [4.78, 5) is 22.8. The van der Waals surface area contributed by atoms with E-state index < -0.39 is 17.7 Å². The fraction of sp³-hybridized carbons (Fsp3) is 0.467. The summed E-state index contributed by atoms with van der Waals surface area (Å²) < 4.78 is 10.6. The zero-order valence-electron chi connectivity index (χ0n) is 12.9. The Morgan fingerprint density at radius 2 is 1.86 bits per heavy atom. The van der Waals surface area contributed by atoms with E-state index in [4.69, 9.17) is 14.6 Å². The Bertz CT molecular complexity index is 531. The number of hydrogen-bond acceptors (Lipinski definition) is 4. The average Bonchev–Trinajstić information content (AvgIpc) is 2.24. The fourth-order valence-electron chi connectivity index (χ4n) is 1.55. The lowest BCUT2D eigenvalue weighted by Gasteiger charge is -2.20. The summed E-state index contributed by atoms with van der Waals surface area (Å²) in [5.41, 5.74) is -0.161. The summed E-state index contributed by atoms with van der Waals surface area (Å²) in [5.74, 6) is -0.888. The second kappa shape index (κ2) is 6.47. The van der Waals surface area contributed by atoms with E-state index in [1.54, 1.807) is 34.6 Å². The second-order valence-corrected chi connectivity index (χ2v) is 5.81. The van der Waals surface area contributed by atoms with Gasteiger partial charge in [-0.05, 0) is 46.8 Å². The number of carbonyl (C=O) groups excluding carboxylic acids is 1. The van der Waals surface area contributed by atoms with Gasteiger partial charge in [0, 0.05) is 11.8 Å². The zero-order chi connectivity index (χ0) is 16.2. The van der Waals surface area contributed by atoms with Gasteiger partial charge in [-0.15, -0.1) is 0 Å². The molecule has 1 aromatic rings. The molecule has 0 aliphatic carbocycles. The monoisotopic (exact) mass is 295 g/mol. The number of amides is 1. The largest absolute Gasteiger partial charge is 0.490 e. The van der Waals surface area contributed by atoms with Crippen LogP contribution in [0.25, 0.3) is 0 Å². The Morgan fingerprint density at radius 1 is 1.24 bits per heavy atom. The molecule has 0 bridgehead atoms. The number of aromatic carboxylic acids is 1. The molecule has 0 radical (unpaired) electrons. The number of hydrogen-bond donors (Lipinski definition) is 2. The maximum absolute atomic E-state index is 11.7. The summed E-state index contributed by atoms with van der Waals surface area (Å²) in [6.45, 7) is 8.85. The van der Waals surface area contributed by atoms with Crippen molar-refractivity contribution in [3.05, 3.63) is 23.8 Å². The quantitative estimate of drug-likeness (QED) is 0.887. The van der Waals surface area contributed by atoms with E-state index in [1.165, 1.54) is 18.2 Å². The van der Waals surface area contributed by atoms with Gasteiger partial charge in [0.05, 0.1) is 6.10 Å². The number of nitrogens with one attached hydrogen (secondary N) is 1. The van der Waals surface area contributed by atoms with Crippen LogP contribution in [-0.2, 0) is 4.74 Å². The van der Waals surface area contributed by atoms with Gasteiger partial charge in [0.25, 0.3) is 0 Å². The molecule has 0 spiro atoms. The zero-order valence-corrected chi connectivity index (χ0v) is 12.9. The Hall–Kier alpha value is -2.24. The van der Waals surface area contributed by atoms with Crippen molar-refractivity contribution >= 4 is 17.7 Å². The summed E-state index contributed by atoms with van der Waals surface area (Å²) >= 11 is 0. The predicted molar refractivity (Wildman–Crippen MR) is 79.0 cm³/mol. The highest BCUT2D eigenvalue weighted by Gasteiger charge is 2.18. The lowest BCUT2D eigenvalue weighted by Crippen LogP contribution is -2.27. The molecule has 21 heavy (non-hydrogen) atoms. The number of carbonyl (C=O) groups is 2. The molecule has 1 rings (SSSR count). The molecule has 1 aromatic carbocycles. The van der Waals surface area contributed by atoms with Crippen LogP contribution >= 0.6 is 0 Å². The molecular weight excluding hydrogens is 274 g/mol. The SMILES string of the molecule is CC(C)Oc1cc(NC(=O)OC(C)(C)C)ccc1C(=O)O. The van der Waals surface area contributed by atoms with Crippen LogP contribution in [0.2, 0.25) is 0 Å². The topological polar surface area (TPSA) is 84.9 Å². The van der Waals surface area contributed by atoms with Gasteiger partial charge >= 0.3 is 12.1 Å². The number of ether oxygens (including phenoxy) is 2. The first-order valence-corrected chi connectivity index (χ1v) is 6.62. The van der Waals surface area contributed by atoms with Crippen molar-refractivity contribution in [2.45, 2.75) is 46.3 Å². The highest BCUT2D eigenvalue weighted by Crippen LogP contribution is 2.25. The summed E-state index contributed by atoms with van der Waals surface area (Å²) in [6.07, 6.45) is -0.791. The molecular formula is C15H21NO5. The third-order valence-corrected chi connectivity index (χ3v) is 2.22. The van der Waals surface area contributed by atoms with E-state index in [1.807, 2.05) is 0 Å². The highest BCUT2D eigenvalue weighted by atomic mass is 16.6. The molecule has 0 aliphatic heterocycles. The fourth-order valence-corrected chi connectivity index (χ4v) is 1.55. The maximum Gasteiger partial charge on any atom is 0.412 e. The lowest BCUT2D eigenvalue weighted by atomic mass is 10.1. The van der Waals surface area contributed by atoms with Crippen LogP contribution in [0.1, 0.15) is 45.0 Å². The molecule has 1 amide bonds. The smallest absolute Gasteiger partial charge is 0.412 e. The third kappa shape index (κ3) is 5.72. The Kier molecular flexibility index (Phi) is 5.18. The van der Waals surface area contributed by atoms with Gasteiger partial charge in [-0.2, -0.15) is 0 Å². The van der Waals surface area contributed by atoms with Crippen LogP contribution < -0.4 is 10.1 Å². The molecule has 116 valence electrons. The number of rotatable bonds is 4. The first-order chi connectivity index (χ1) is 9.58. The highest BCUT2D eigenvalue weighted by molar-refractivity contribution is 5.93. The molecule has 0 atom stereocenters. The van der Waals surface area contributed by atoms with Gasteiger partial charge < -0.3 is 14.6 Å². The number of benzene rings is 1. The molecule has 0 saturated carbocycles. The summed E-state index contributed by atoms with van der Waals surface area (Å²) in [5, 5.41) is 11.7. The van der Waals surface area contributed by atoms with Crippen LogP contribution in [0.5, 0.6) is 5.75 Å². The van der Waals surface area contributed by atoms with E-state index >= 15 is 0 Å². The van der Waals surface area contributed by atoms with E-state index in [0.29, 0.717) is 5.69 Å². The molecule has 0 saturated heterocycles. The molecule has 6 heteroatoms. The normalized spacial score (nSPS) is 11.1. The van der Waals surface area contributed by atoms with Crippen LogP contribution in [0, 0.1) is 0 Å². The van der Waals surface area contributed by atoms with E-state index in [2.05, 4.69) is 5.32 Å². The Morgan fingerprint density at radius 3 is 2.33 bits per heavy atom. The van der Waals surface area contributed by atoms with E-state index in [0.717, 1.165) is 0 Å². The predicted octanol–water partition coefficient (Wildman–Crippen LogP) is 3.52. The third-order valence-electron chi connectivity index (χ3n) is 2.22. The second-order valence-electron chi connectivity index (χ2n) is 5.81. The molecule has 0 unspecified atom stereocenters. The van der Waals surface area contributed by atoms with Gasteiger partial charge in [-0.3, -0.25) is 5.32 Å².